The minimum absolute atomic E-state index is 0.619. The maximum absolute atomic E-state index is 3.63. The monoisotopic (exact) mass is 238 g/mol. The van der Waals surface area contributed by atoms with Crippen LogP contribution in [0.25, 0.3) is 0 Å². The molecule has 0 bridgehead atoms. The molecule has 3 unspecified atom stereocenters. The van der Waals surface area contributed by atoms with Crippen molar-refractivity contribution >= 4 is 0 Å². The molecule has 1 heterocycles. The topological polar surface area (TPSA) is 15.3 Å². The van der Waals surface area contributed by atoms with Gasteiger partial charge in [0.2, 0.25) is 0 Å². The molecule has 1 aliphatic heterocycles. The van der Waals surface area contributed by atoms with Gasteiger partial charge in [0, 0.05) is 24.7 Å². The lowest BCUT2D eigenvalue weighted by atomic mass is 9.85. The molecule has 0 radical (unpaired) electrons. The van der Waals surface area contributed by atoms with E-state index in [0.29, 0.717) is 6.04 Å². The highest BCUT2D eigenvalue weighted by molar-refractivity contribution is 4.93. The van der Waals surface area contributed by atoms with Crippen molar-refractivity contribution in [1.29, 1.82) is 0 Å². The Labute approximate surface area is 107 Å². The predicted octanol–water partition coefficient (Wildman–Crippen LogP) is 3.03. The largest absolute Gasteiger partial charge is 0.313 e. The summed E-state index contributed by atoms with van der Waals surface area (Å²) >= 11 is 0. The molecule has 0 amide bonds. The first kappa shape index (κ1) is 13.4. The van der Waals surface area contributed by atoms with Crippen LogP contribution in [0.1, 0.15) is 59.3 Å². The molecule has 1 saturated heterocycles. The number of hydrogen-bond acceptors (Lipinski definition) is 2. The highest BCUT2D eigenvalue weighted by Gasteiger charge is 2.38. The fraction of sp³-hybridized carbons (Fsp3) is 1.00. The van der Waals surface area contributed by atoms with Gasteiger partial charge in [0.1, 0.15) is 0 Å². The minimum Gasteiger partial charge on any atom is -0.313 e. The van der Waals surface area contributed by atoms with Crippen molar-refractivity contribution < 1.29 is 0 Å². The Morgan fingerprint density at radius 2 is 1.94 bits per heavy atom. The Hall–Kier alpha value is -0.0800. The zero-order valence-corrected chi connectivity index (χ0v) is 11.9. The van der Waals surface area contributed by atoms with Crippen molar-refractivity contribution in [2.75, 3.05) is 13.1 Å². The lowest BCUT2D eigenvalue weighted by Gasteiger charge is -2.37. The maximum atomic E-state index is 3.63. The van der Waals surface area contributed by atoms with E-state index in [1.54, 1.807) is 0 Å². The standard InChI is InChI=1S/C15H30N2/c1-4-14(11-16-12(2)3)17-10-9-13-7-5-6-8-15(13)17/h12-16H,4-11H2,1-3H3. The molecule has 3 atom stereocenters. The van der Waals surface area contributed by atoms with Gasteiger partial charge in [0.15, 0.2) is 0 Å². The molecule has 0 aromatic heterocycles. The number of nitrogens with one attached hydrogen (secondary N) is 1. The van der Waals surface area contributed by atoms with Gasteiger partial charge in [0.05, 0.1) is 0 Å². The van der Waals surface area contributed by atoms with E-state index in [4.69, 9.17) is 0 Å². The zero-order chi connectivity index (χ0) is 12.3. The highest BCUT2D eigenvalue weighted by Crippen LogP contribution is 2.37. The summed E-state index contributed by atoms with van der Waals surface area (Å²) in [6.07, 6.45) is 8.66. The van der Waals surface area contributed by atoms with Gasteiger partial charge in [0.25, 0.3) is 0 Å². The summed E-state index contributed by atoms with van der Waals surface area (Å²) in [6.45, 7) is 9.38. The average Bonchev–Trinajstić information content (AvgIpc) is 2.74. The second-order valence-electron chi connectivity index (χ2n) is 6.26. The van der Waals surface area contributed by atoms with E-state index in [-0.39, 0.29) is 0 Å². The van der Waals surface area contributed by atoms with Gasteiger partial charge in [-0.3, -0.25) is 4.90 Å². The van der Waals surface area contributed by atoms with Gasteiger partial charge in [-0.1, -0.05) is 33.6 Å². The van der Waals surface area contributed by atoms with Crippen molar-refractivity contribution in [2.24, 2.45) is 5.92 Å². The van der Waals surface area contributed by atoms with Crippen LogP contribution in [0.2, 0.25) is 0 Å². The summed E-state index contributed by atoms with van der Waals surface area (Å²) in [5.41, 5.74) is 0. The first-order valence-electron chi connectivity index (χ1n) is 7.71. The number of fused-ring (bicyclic) bond motifs is 1. The third-order valence-corrected chi connectivity index (χ3v) is 4.76. The summed E-state index contributed by atoms with van der Waals surface area (Å²) in [4.78, 5) is 2.83. The molecule has 2 nitrogen and oxygen atoms in total. The first-order chi connectivity index (χ1) is 8.22. The minimum atomic E-state index is 0.619. The third-order valence-electron chi connectivity index (χ3n) is 4.76. The second kappa shape index (κ2) is 6.19. The van der Waals surface area contributed by atoms with Crippen LogP contribution in [0.5, 0.6) is 0 Å². The third kappa shape index (κ3) is 3.23. The average molecular weight is 238 g/mol. The molecule has 0 aromatic carbocycles. The Balaban J connectivity index is 1.90. The maximum Gasteiger partial charge on any atom is 0.0221 e. The summed E-state index contributed by atoms with van der Waals surface area (Å²) in [5, 5.41) is 3.63. The van der Waals surface area contributed by atoms with Crippen molar-refractivity contribution in [3.63, 3.8) is 0 Å². The van der Waals surface area contributed by atoms with E-state index in [2.05, 4.69) is 31.0 Å². The van der Waals surface area contributed by atoms with Crippen LogP contribution in [0.4, 0.5) is 0 Å². The van der Waals surface area contributed by atoms with Gasteiger partial charge < -0.3 is 5.32 Å². The van der Waals surface area contributed by atoms with Crippen molar-refractivity contribution in [2.45, 2.75) is 77.4 Å². The molecule has 1 aliphatic carbocycles. The van der Waals surface area contributed by atoms with Crippen LogP contribution in [0.3, 0.4) is 0 Å². The molecule has 2 fully saturated rings. The van der Waals surface area contributed by atoms with Crippen LogP contribution in [-0.2, 0) is 0 Å². The Bertz CT molecular complexity index is 227. The first-order valence-corrected chi connectivity index (χ1v) is 7.71. The number of nitrogens with zero attached hydrogens (tertiary/aromatic N) is 1. The predicted molar refractivity (Wildman–Crippen MR) is 74.3 cm³/mol. The lowest BCUT2D eigenvalue weighted by Crippen LogP contribution is -2.47. The molecule has 2 rings (SSSR count). The van der Waals surface area contributed by atoms with Gasteiger partial charge >= 0.3 is 0 Å². The number of rotatable bonds is 5. The summed E-state index contributed by atoms with van der Waals surface area (Å²) < 4.78 is 0. The highest BCUT2D eigenvalue weighted by atomic mass is 15.2. The SMILES string of the molecule is CCC(CNC(C)C)N1CCC2CCCCC21. The summed E-state index contributed by atoms with van der Waals surface area (Å²) in [5.74, 6) is 1.02. The molecule has 1 saturated carbocycles. The van der Waals surface area contributed by atoms with Gasteiger partial charge in [-0.2, -0.15) is 0 Å². The molecule has 2 heteroatoms. The fourth-order valence-corrected chi connectivity index (χ4v) is 3.76. The smallest absolute Gasteiger partial charge is 0.0221 e. The Morgan fingerprint density at radius 1 is 1.18 bits per heavy atom. The van der Waals surface area contributed by atoms with Crippen LogP contribution < -0.4 is 5.32 Å². The van der Waals surface area contributed by atoms with Crippen molar-refractivity contribution in [3.05, 3.63) is 0 Å². The number of hydrogen-bond donors (Lipinski definition) is 1. The molecule has 0 aromatic rings. The summed E-state index contributed by atoms with van der Waals surface area (Å²) in [6, 6.07) is 2.31. The summed E-state index contributed by atoms with van der Waals surface area (Å²) in [7, 11) is 0. The van der Waals surface area contributed by atoms with Gasteiger partial charge in [-0.15, -0.1) is 0 Å². The number of likely N-dealkylation sites (tertiary alicyclic amines) is 1. The molecule has 17 heavy (non-hydrogen) atoms. The van der Waals surface area contributed by atoms with E-state index in [1.165, 1.54) is 51.6 Å². The fourth-order valence-electron chi connectivity index (χ4n) is 3.76. The molecule has 0 spiro atoms. The van der Waals surface area contributed by atoms with E-state index in [0.717, 1.165) is 18.0 Å². The van der Waals surface area contributed by atoms with Crippen molar-refractivity contribution in [3.8, 4) is 0 Å². The van der Waals surface area contributed by atoms with Crippen LogP contribution in [0.15, 0.2) is 0 Å². The van der Waals surface area contributed by atoms with Crippen molar-refractivity contribution in [1.82, 2.24) is 10.2 Å². The molecule has 1 N–H and O–H groups in total. The van der Waals surface area contributed by atoms with E-state index < -0.39 is 0 Å². The molecular formula is C15H30N2. The Kier molecular flexibility index (Phi) is 4.87. The molecule has 100 valence electrons. The van der Waals surface area contributed by atoms with Gasteiger partial charge in [-0.05, 0) is 38.1 Å². The van der Waals surface area contributed by atoms with E-state index in [9.17, 15) is 0 Å². The normalized spacial score (nSPS) is 31.8. The second-order valence-corrected chi connectivity index (χ2v) is 6.26. The van der Waals surface area contributed by atoms with Crippen LogP contribution in [0, 0.1) is 5.92 Å². The van der Waals surface area contributed by atoms with Crippen LogP contribution in [-0.4, -0.2) is 36.1 Å². The molecule has 2 aliphatic rings. The van der Waals surface area contributed by atoms with Crippen LogP contribution >= 0.6 is 0 Å². The van der Waals surface area contributed by atoms with E-state index in [1.807, 2.05) is 0 Å². The zero-order valence-electron chi connectivity index (χ0n) is 11.9. The van der Waals surface area contributed by atoms with E-state index >= 15 is 0 Å². The molecular weight excluding hydrogens is 208 g/mol. The Morgan fingerprint density at radius 3 is 2.65 bits per heavy atom. The lowest BCUT2D eigenvalue weighted by molar-refractivity contribution is 0.126. The van der Waals surface area contributed by atoms with Gasteiger partial charge in [-0.25, -0.2) is 0 Å². The quantitative estimate of drug-likeness (QED) is 0.792.